The highest BCUT2D eigenvalue weighted by Gasteiger charge is 1.97. The summed E-state index contributed by atoms with van der Waals surface area (Å²) in [6.07, 6.45) is 24.1. The van der Waals surface area contributed by atoms with Crippen molar-refractivity contribution < 1.29 is 2.85 Å². The van der Waals surface area contributed by atoms with Crippen LogP contribution < -0.4 is 10.6 Å². The summed E-state index contributed by atoms with van der Waals surface area (Å²) in [6.45, 7) is 20.6. The Hall–Kier alpha value is -3.00. The molecule has 2 nitrogen and oxygen atoms in total. The maximum absolute atomic E-state index is 4.07. The van der Waals surface area contributed by atoms with E-state index in [1.54, 1.807) is 6.08 Å². The van der Waals surface area contributed by atoms with E-state index in [1.807, 2.05) is 30.4 Å². The van der Waals surface area contributed by atoms with Gasteiger partial charge in [0.15, 0.2) is 0 Å². The molecule has 1 aliphatic carbocycles. The van der Waals surface area contributed by atoms with Crippen molar-refractivity contribution in [1.82, 2.24) is 10.6 Å². The van der Waals surface area contributed by atoms with E-state index in [0.29, 0.717) is 0 Å². The zero-order chi connectivity index (χ0) is 19.9. The molecular formula is C25H36N2. The van der Waals surface area contributed by atoms with Gasteiger partial charge in [-0.25, -0.2) is 0 Å². The summed E-state index contributed by atoms with van der Waals surface area (Å²) in [4.78, 5) is 0. The minimum absolute atomic E-state index is 0. The lowest BCUT2D eigenvalue weighted by Gasteiger charge is -2.11. The van der Waals surface area contributed by atoms with E-state index in [4.69, 9.17) is 0 Å². The molecule has 1 aliphatic rings. The van der Waals surface area contributed by atoms with Crippen molar-refractivity contribution in [2.24, 2.45) is 0 Å². The molecule has 0 saturated carbocycles. The van der Waals surface area contributed by atoms with Crippen LogP contribution in [0.15, 0.2) is 122 Å². The Morgan fingerprint density at radius 3 is 2.48 bits per heavy atom. The first kappa shape index (κ1) is 22.0. The summed E-state index contributed by atoms with van der Waals surface area (Å²) in [7, 11) is 0. The molecule has 27 heavy (non-hydrogen) atoms. The van der Waals surface area contributed by atoms with Gasteiger partial charge in [0.1, 0.15) is 0 Å². The molecule has 0 amide bonds. The topological polar surface area (TPSA) is 24.1 Å². The maximum Gasteiger partial charge on any atom is 0.0311 e. The number of hydrogen-bond donors (Lipinski definition) is 2. The Labute approximate surface area is 168 Å². The van der Waals surface area contributed by atoms with E-state index >= 15 is 0 Å². The molecule has 0 aromatic heterocycles. The van der Waals surface area contributed by atoms with E-state index in [9.17, 15) is 0 Å². The van der Waals surface area contributed by atoms with Crippen LogP contribution in [0.25, 0.3) is 0 Å². The van der Waals surface area contributed by atoms with Crippen LogP contribution in [0.1, 0.15) is 28.5 Å². The zero-order valence-electron chi connectivity index (χ0n) is 16.3. The smallest absolute Gasteiger partial charge is 0.0311 e. The van der Waals surface area contributed by atoms with Crippen LogP contribution in [0.4, 0.5) is 0 Å². The van der Waals surface area contributed by atoms with Gasteiger partial charge in [-0.05, 0) is 55.1 Å². The fourth-order valence-corrected chi connectivity index (χ4v) is 2.33. The molecule has 0 atom stereocenters. The standard InChI is InChI=1S/C25H32N2.2H2/c1-6-7-15-23(4)27-24(5)19-18-22(3)21(2)14-10-9-13-20-26-25-16-11-8-12-17-25;;/h6-8,10-11,14-16,18-19,26-27H,1-5,9,12-13,17,20H2;2*1H/b14-10-,15-7-,19-18-;;. The van der Waals surface area contributed by atoms with Gasteiger partial charge in [0.05, 0.1) is 0 Å². The summed E-state index contributed by atoms with van der Waals surface area (Å²) < 4.78 is 0. The molecule has 0 fully saturated rings. The molecule has 1 rings (SSSR count). The van der Waals surface area contributed by atoms with Gasteiger partial charge in [-0.1, -0.05) is 75.4 Å². The third kappa shape index (κ3) is 10.6. The van der Waals surface area contributed by atoms with Crippen molar-refractivity contribution in [3.63, 3.8) is 0 Å². The lowest BCUT2D eigenvalue weighted by molar-refractivity contribution is 0.700. The number of allylic oxidation sites excluding steroid dienone is 13. The fourth-order valence-electron chi connectivity index (χ4n) is 2.33. The quantitative estimate of drug-likeness (QED) is 0.282. The van der Waals surface area contributed by atoms with Gasteiger partial charge >= 0.3 is 0 Å². The van der Waals surface area contributed by atoms with Crippen LogP contribution in [-0.2, 0) is 0 Å². The number of unbranched alkanes of at least 4 members (excludes halogenated alkanes) is 1. The number of nitrogens with one attached hydrogen (secondary N) is 2. The highest BCUT2D eigenvalue weighted by molar-refractivity contribution is 5.44. The molecule has 2 heteroatoms. The lowest BCUT2D eigenvalue weighted by Crippen LogP contribution is -2.15. The van der Waals surface area contributed by atoms with Gasteiger partial charge in [-0.2, -0.15) is 0 Å². The summed E-state index contributed by atoms with van der Waals surface area (Å²) in [5.74, 6) is 0. The molecule has 0 spiro atoms. The van der Waals surface area contributed by atoms with Crippen LogP contribution in [0.3, 0.4) is 0 Å². The lowest BCUT2D eigenvalue weighted by atomic mass is 10.1. The Morgan fingerprint density at radius 2 is 1.78 bits per heavy atom. The monoisotopic (exact) mass is 364 g/mol. The SMILES string of the molecule is C=C/C=C\C(=C)NC(=C)/C=C\C(=C)C(=C)/C=C\CCCNC1=CC=CCC1.[HH].[HH]. The summed E-state index contributed by atoms with van der Waals surface area (Å²) in [5, 5.41) is 6.57. The predicted molar refractivity (Wildman–Crippen MR) is 125 cm³/mol. The van der Waals surface area contributed by atoms with Crippen LogP contribution in [0, 0.1) is 0 Å². The van der Waals surface area contributed by atoms with Crippen molar-refractivity contribution in [1.29, 1.82) is 0 Å². The van der Waals surface area contributed by atoms with E-state index in [2.05, 4.69) is 67.8 Å². The molecule has 0 radical (unpaired) electrons. The van der Waals surface area contributed by atoms with Gasteiger partial charge in [-0.3, -0.25) is 0 Å². The average Bonchev–Trinajstić information content (AvgIpc) is 2.67. The van der Waals surface area contributed by atoms with E-state index < -0.39 is 0 Å². The summed E-state index contributed by atoms with van der Waals surface area (Å²) in [5.41, 5.74) is 4.59. The third-order valence-electron chi connectivity index (χ3n) is 3.89. The molecule has 0 bridgehead atoms. The molecule has 0 unspecified atom stereocenters. The minimum atomic E-state index is 0. The summed E-state index contributed by atoms with van der Waals surface area (Å²) in [6, 6.07) is 0. The van der Waals surface area contributed by atoms with Crippen LogP contribution in [-0.4, -0.2) is 6.54 Å². The fraction of sp³-hybridized carbons (Fsp3) is 0.200. The molecule has 0 aromatic carbocycles. The normalized spacial score (nSPS) is 13.7. The van der Waals surface area contributed by atoms with Crippen molar-refractivity contribution >= 4 is 0 Å². The first-order valence-electron chi connectivity index (χ1n) is 9.29. The highest BCUT2D eigenvalue weighted by atomic mass is 14.9. The molecule has 0 heterocycles. The molecule has 2 N–H and O–H groups in total. The van der Waals surface area contributed by atoms with E-state index in [1.165, 1.54) is 5.70 Å². The Kier molecular flexibility index (Phi) is 10.8. The van der Waals surface area contributed by atoms with Crippen LogP contribution in [0.5, 0.6) is 0 Å². The average molecular weight is 365 g/mol. The second-order valence-electron chi connectivity index (χ2n) is 6.28. The molecule has 146 valence electrons. The zero-order valence-corrected chi connectivity index (χ0v) is 16.3. The van der Waals surface area contributed by atoms with Gasteiger partial charge in [-0.15, -0.1) is 0 Å². The van der Waals surface area contributed by atoms with Gasteiger partial charge in [0, 0.05) is 26.5 Å². The number of hydrogen-bond acceptors (Lipinski definition) is 2. The first-order chi connectivity index (χ1) is 13.0. The molecule has 0 aromatic rings. The Bertz CT molecular complexity index is 719. The summed E-state index contributed by atoms with van der Waals surface area (Å²) >= 11 is 0. The van der Waals surface area contributed by atoms with E-state index in [0.717, 1.165) is 54.8 Å². The van der Waals surface area contributed by atoms with Crippen molar-refractivity contribution in [2.75, 3.05) is 6.54 Å². The predicted octanol–water partition coefficient (Wildman–Crippen LogP) is 6.67. The van der Waals surface area contributed by atoms with Crippen molar-refractivity contribution in [2.45, 2.75) is 25.7 Å². The second kappa shape index (κ2) is 13.2. The van der Waals surface area contributed by atoms with Gasteiger partial charge in [0.2, 0.25) is 0 Å². The highest BCUT2D eigenvalue weighted by Crippen LogP contribution is 2.11. The largest absolute Gasteiger partial charge is 0.388 e. The van der Waals surface area contributed by atoms with E-state index in [-0.39, 0.29) is 2.85 Å². The van der Waals surface area contributed by atoms with Crippen LogP contribution in [0.2, 0.25) is 0 Å². The van der Waals surface area contributed by atoms with Crippen molar-refractivity contribution in [3.8, 4) is 0 Å². The first-order valence-corrected chi connectivity index (χ1v) is 9.29. The molecule has 0 aliphatic heterocycles. The third-order valence-corrected chi connectivity index (χ3v) is 3.89. The maximum atomic E-state index is 4.07. The van der Waals surface area contributed by atoms with Gasteiger partial charge in [0.25, 0.3) is 0 Å². The Morgan fingerprint density at radius 1 is 1.04 bits per heavy atom. The van der Waals surface area contributed by atoms with Gasteiger partial charge < -0.3 is 10.6 Å². The molecule has 0 saturated heterocycles. The second-order valence-corrected chi connectivity index (χ2v) is 6.28. The molecular weight excluding hydrogens is 328 g/mol. The Balaban J connectivity index is 0. The number of rotatable bonds is 13. The minimum Gasteiger partial charge on any atom is -0.388 e. The van der Waals surface area contributed by atoms with Crippen molar-refractivity contribution in [3.05, 3.63) is 122 Å². The van der Waals surface area contributed by atoms with Crippen LogP contribution >= 0.6 is 0 Å².